The van der Waals surface area contributed by atoms with Crippen LogP contribution in [-0.2, 0) is 26.1 Å². The molecule has 0 saturated carbocycles. The number of hydrogen-bond acceptors (Lipinski definition) is 4. The molecule has 2 N–H and O–H groups in total. The molecule has 2 amide bonds. The summed E-state index contributed by atoms with van der Waals surface area (Å²) >= 11 is 1.63. The van der Waals surface area contributed by atoms with Crippen LogP contribution in [-0.4, -0.2) is 20.8 Å². The van der Waals surface area contributed by atoms with E-state index < -0.39 is 0 Å². The summed E-state index contributed by atoms with van der Waals surface area (Å²) in [6, 6.07) is 3.79. The highest BCUT2D eigenvalue weighted by atomic mass is 32.1. The van der Waals surface area contributed by atoms with Crippen LogP contribution in [0.4, 0.5) is 4.79 Å². The summed E-state index contributed by atoms with van der Waals surface area (Å²) < 4.78 is 2.08. The lowest BCUT2D eigenvalue weighted by Gasteiger charge is -2.07. The number of nitrogens with one attached hydrogen (secondary N) is 2. The van der Waals surface area contributed by atoms with Gasteiger partial charge in [0.15, 0.2) is 5.82 Å². The minimum atomic E-state index is -0.177. The summed E-state index contributed by atoms with van der Waals surface area (Å²) in [6.07, 6.45) is 2.10. The number of urea groups is 1. The fraction of sp³-hybridized carbons (Fsp3) is 0.417. The lowest BCUT2D eigenvalue weighted by molar-refractivity contribution is 0.240. The van der Waals surface area contributed by atoms with Gasteiger partial charge in [-0.05, 0) is 17.9 Å². The van der Waals surface area contributed by atoms with Crippen molar-refractivity contribution < 1.29 is 4.79 Å². The Morgan fingerprint density at radius 2 is 2.26 bits per heavy atom. The van der Waals surface area contributed by atoms with E-state index in [1.807, 2.05) is 17.5 Å². The summed E-state index contributed by atoms with van der Waals surface area (Å²) in [5.74, 6) is 1.86. The minimum absolute atomic E-state index is 0.177. The predicted molar refractivity (Wildman–Crippen MR) is 71.7 cm³/mol. The fourth-order valence-corrected chi connectivity index (χ4v) is 2.79. The van der Waals surface area contributed by atoms with Gasteiger partial charge in [-0.25, -0.2) is 4.79 Å². The third kappa shape index (κ3) is 2.76. The van der Waals surface area contributed by atoms with Gasteiger partial charge in [0.05, 0.1) is 13.1 Å². The summed E-state index contributed by atoms with van der Waals surface area (Å²) in [4.78, 5) is 12.8. The predicted octanol–water partition coefficient (Wildman–Crippen LogP) is 1.29. The molecule has 0 aliphatic carbocycles. The normalized spacial score (nSPS) is 13.3. The van der Waals surface area contributed by atoms with Crippen LogP contribution >= 0.6 is 11.3 Å². The van der Waals surface area contributed by atoms with Gasteiger partial charge in [-0.2, -0.15) is 0 Å². The second-order valence-electron chi connectivity index (χ2n) is 4.40. The van der Waals surface area contributed by atoms with E-state index in [4.69, 9.17) is 0 Å². The first-order valence-electron chi connectivity index (χ1n) is 6.28. The lowest BCUT2D eigenvalue weighted by atomic mass is 10.4. The van der Waals surface area contributed by atoms with Crippen molar-refractivity contribution in [2.75, 3.05) is 0 Å². The maximum absolute atomic E-state index is 11.7. The molecule has 3 heterocycles. The van der Waals surface area contributed by atoms with E-state index in [0.717, 1.165) is 35.9 Å². The molecule has 0 aromatic carbocycles. The van der Waals surface area contributed by atoms with Crippen molar-refractivity contribution in [1.82, 2.24) is 25.4 Å². The van der Waals surface area contributed by atoms with Gasteiger partial charge in [-0.1, -0.05) is 6.07 Å². The summed E-state index contributed by atoms with van der Waals surface area (Å²) in [5, 5.41) is 15.8. The van der Waals surface area contributed by atoms with Crippen molar-refractivity contribution in [3.63, 3.8) is 0 Å². The molecular formula is C12H15N5OS. The highest BCUT2D eigenvalue weighted by molar-refractivity contribution is 7.09. The summed E-state index contributed by atoms with van der Waals surface area (Å²) in [6.45, 7) is 1.93. The molecule has 1 aliphatic heterocycles. The van der Waals surface area contributed by atoms with Crippen molar-refractivity contribution in [1.29, 1.82) is 0 Å². The van der Waals surface area contributed by atoms with Crippen LogP contribution in [0.15, 0.2) is 17.5 Å². The minimum Gasteiger partial charge on any atom is -0.333 e. The Morgan fingerprint density at radius 1 is 1.37 bits per heavy atom. The monoisotopic (exact) mass is 277 g/mol. The Kier molecular flexibility index (Phi) is 3.45. The number of aryl methyl sites for hydroxylation is 1. The third-order valence-corrected chi connectivity index (χ3v) is 3.97. The topological polar surface area (TPSA) is 71.8 Å². The van der Waals surface area contributed by atoms with E-state index in [0.29, 0.717) is 13.1 Å². The average Bonchev–Trinajstić information content (AvgIpc) is 3.11. The van der Waals surface area contributed by atoms with Crippen LogP contribution in [0.5, 0.6) is 0 Å². The van der Waals surface area contributed by atoms with Crippen LogP contribution in [0.3, 0.4) is 0 Å². The Balaban J connectivity index is 1.47. The first-order valence-corrected chi connectivity index (χ1v) is 7.16. The van der Waals surface area contributed by atoms with Crippen molar-refractivity contribution in [2.24, 2.45) is 0 Å². The Bertz CT molecular complexity index is 563. The molecule has 2 aromatic rings. The number of carbonyl (C=O) groups is 1. The first-order chi connectivity index (χ1) is 9.33. The maximum atomic E-state index is 11.7. The van der Waals surface area contributed by atoms with Gasteiger partial charge in [0, 0.05) is 17.8 Å². The largest absolute Gasteiger partial charge is 0.333 e. The Labute approximate surface area is 114 Å². The van der Waals surface area contributed by atoms with Gasteiger partial charge in [0.25, 0.3) is 0 Å². The highest BCUT2D eigenvalue weighted by Crippen LogP contribution is 2.13. The molecule has 2 aromatic heterocycles. The second-order valence-corrected chi connectivity index (χ2v) is 5.44. The molecule has 3 rings (SSSR count). The zero-order chi connectivity index (χ0) is 13.1. The number of thiophene rings is 1. The van der Waals surface area contributed by atoms with Crippen LogP contribution < -0.4 is 10.6 Å². The molecule has 0 atom stereocenters. The van der Waals surface area contributed by atoms with Gasteiger partial charge < -0.3 is 15.2 Å². The zero-order valence-corrected chi connectivity index (χ0v) is 11.2. The molecule has 1 aliphatic rings. The third-order valence-electron chi connectivity index (χ3n) is 3.10. The van der Waals surface area contributed by atoms with Crippen molar-refractivity contribution in [3.05, 3.63) is 34.0 Å². The van der Waals surface area contributed by atoms with Gasteiger partial charge in [-0.15, -0.1) is 21.5 Å². The number of rotatable bonds is 4. The SMILES string of the molecule is O=C(NCc1cccs1)NCc1nnc2n1CCC2. The number of carbonyl (C=O) groups excluding carboxylic acids is 1. The van der Waals surface area contributed by atoms with Crippen LogP contribution in [0, 0.1) is 0 Å². The molecule has 6 nitrogen and oxygen atoms in total. The van der Waals surface area contributed by atoms with E-state index in [1.54, 1.807) is 11.3 Å². The molecule has 0 saturated heterocycles. The molecule has 0 bridgehead atoms. The summed E-state index contributed by atoms with van der Waals surface area (Å²) in [5.41, 5.74) is 0. The molecule has 7 heteroatoms. The zero-order valence-electron chi connectivity index (χ0n) is 10.4. The highest BCUT2D eigenvalue weighted by Gasteiger charge is 2.17. The van der Waals surface area contributed by atoms with E-state index >= 15 is 0 Å². The molecular weight excluding hydrogens is 262 g/mol. The maximum Gasteiger partial charge on any atom is 0.315 e. The van der Waals surface area contributed by atoms with Gasteiger partial charge in [-0.3, -0.25) is 0 Å². The molecule has 19 heavy (non-hydrogen) atoms. The summed E-state index contributed by atoms with van der Waals surface area (Å²) in [7, 11) is 0. The smallest absolute Gasteiger partial charge is 0.315 e. The first kappa shape index (κ1) is 12.2. The van der Waals surface area contributed by atoms with E-state index in [9.17, 15) is 4.79 Å². The van der Waals surface area contributed by atoms with Crippen LogP contribution in [0.2, 0.25) is 0 Å². The average molecular weight is 277 g/mol. The molecule has 100 valence electrons. The van der Waals surface area contributed by atoms with Crippen LogP contribution in [0.1, 0.15) is 22.9 Å². The number of hydrogen-bond donors (Lipinski definition) is 2. The Hall–Kier alpha value is -1.89. The van der Waals surface area contributed by atoms with Gasteiger partial charge >= 0.3 is 6.03 Å². The number of amides is 2. The van der Waals surface area contributed by atoms with E-state index in [-0.39, 0.29) is 6.03 Å². The number of nitrogens with zero attached hydrogens (tertiary/aromatic N) is 3. The van der Waals surface area contributed by atoms with E-state index in [2.05, 4.69) is 25.4 Å². The quantitative estimate of drug-likeness (QED) is 0.884. The Morgan fingerprint density at radius 3 is 3.11 bits per heavy atom. The number of aromatic nitrogens is 3. The van der Waals surface area contributed by atoms with E-state index in [1.165, 1.54) is 0 Å². The lowest BCUT2D eigenvalue weighted by Crippen LogP contribution is -2.35. The van der Waals surface area contributed by atoms with Crippen molar-refractivity contribution in [3.8, 4) is 0 Å². The molecule has 0 unspecified atom stereocenters. The second kappa shape index (κ2) is 5.40. The van der Waals surface area contributed by atoms with Gasteiger partial charge in [0.1, 0.15) is 5.82 Å². The fourth-order valence-electron chi connectivity index (χ4n) is 2.14. The molecule has 0 fully saturated rings. The van der Waals surface area contributed by atoms with Gasteiger partial charge in [0.2, 0.25) is 0 Å². The molecule has 0 spiro atoms. The number of fused-ring (bicyclic) bond motifs is 1. The van der Waals surface area contributed by atoms with Crippen molar-refractivity contribution in [2.45, 2.75) is 32.5 Å². The molecule has 0 radical (unpaired) electrons. The standard InChI is InChI=1S/C12H15N5OS/c18-12(13-7-9-3-2-6-19-9)14-8-11-16-15-10-4-1-5-17(10)11/h2-3,6H,1,4-5,7-8H2,(H2,13,14,18). The van der Waals surface area contributed by atoms with Crippen LogP contribution in [0.25, 0.3) is 0 Å². The van der Waals surface area contributed by atoms with Crippen molar-refractivity contribution >= 4 is 17.4 Å².